The summed E-state index contributed by atoms with van der Waals surface area (Å²) in [6.07, 6.45) is 4.91. The highest BCUT2D eigenvalue weighted by atomic mass is 15.4. The van der Waals surface area contributed by atoms with Crippen LogP contribution in [0.1, 0.15) is 22.8 Å². The monoisotopic (exact) mass is 306 g/mol. The Morgan fingerprint density at radius 3 is 2.91 bits per heavy atom. The number of hydrogen-bond donors (Lipinski definition) is 0. The first-order valence-electron chi connectivity index (χ1n) is 7.78. The predicted octanol–water partition coefficient (Wildman–Crippen LogP) is 1.92. The van der Waals surface area contributed by atoms with Crippen LogP contribution in [0.25, 0.3) is 5.69 Å². The first-order chi connectivity index (χ1) is 11.3. The van der Waals surface area contributed by atoms with Crippen LogP contribution >= 0.6 is 0 Å². The van der Waals surface area contributed by atoms with E-state index >= 15 is 0 Å². The molecule has 0 radical (unpaired) electrons. The number of hydrogen-bond acceptors (Lipinski definition) is 5. The van der Waals surface area contributed by atoms with Gasteiger partial charge < -0.3 is 0 Å². The number of rotatable bonds is 3. The van der Waals surface area contributed by atoms with Crippen molar-refractivity contribution < 1.29 is 0 Å². The van der Waals surface area contributed by atoms with E-state index in [2.05, 4.69) is 25.2 Å². The molecule has 0 bridgehead atoms. The van der Waals surface area contributed by atoms with Gasteiger partial charge in [-0.25, -0.2) is 14.6 Å². The van der Waals surface area contributed by atoms with E-state index in [1.807, 2.05) is 54.3 Å². The minimum absolute atomic E-state index is 0.792. The highest BCUT2D eigenvalue weighted by Gasteiger charge is 2.19. The Kier molecular flexibility index (Phi) is 3.59. The van der Waals surface area contributed by atoms with Gasteiger partial charge in [0.2, 0.25) is 0 Å². The molecule has 0 saturated heterocycles. The van der Waals surface area contributed by atoms with Gasteiger partial charge in [-0.1, -0.05) is 23.4 Å². The molecule has 0 amide bonds. The molecular formula is C17H18N6. The molecule has 0 N–H and O–H groups in total. The largest absolute Gasteiger partial charge is 0.293 e. The van der Waals surface area contributed by atoms with Crippen molar-refractivity contribution in [3.05, 3.63) is 65.5 Å². The Morgan fingerprint density at radius 2 is 2.04 bits per heavy atom. The third-order valence-corrected chi connectivity index (χ3v) is 4.08. The summed E-state index contributed by atoms with van der Waals surface area (Å²) in [5.74, 6) is 0.850. The number of nitrogens with zero attached hydrogens (tertiary/aromatic N) is 6. The van der Waals surface area contributed by atoms with Gasteiger partial charge in [0.25, 0.3) is 0 Å². The third kappa shape index (κ3) is 2.98. The number of aromatic nitrogens is 5. The van der Waals surface area contributed by atoms with E-state index in [4.69, 9.17) is 0 Å². The van der Waals surface area contributed by atoms with Gasteiger partial charge in [-0.15, -0.1) is 5.10 Å². The maximum atomic E-state index is 4.53. The average Bonchev–Trinajstić information content (AvgIpc) is 3.04. The molecule has 3 aromatic rings. The van der Waals surface area contributed by atoms with E-state index in [-0.39, 0.29) is 0 Å². The molecular weight excluding hydrogens is 288 g/mol. The summed E-state index contributed by atoms with van der Waals surface area (Å²) in [6, 6.07) is 10.0. The highest BCUT2D eigenvalue weighted by molar-refractivity contribution is 5.30. The first kappa shape index (κ1) is 14.0. The average molecular weight is 306 g/mol. The summed E-state index contributed by atoms with van der Waals surface area (Å²) in [6.45, 7) is 4.59. The molecule has 0 unspecified atom stereocenters. The van der Waals surface area contributed by atoms with E-state index in [0.29, 0.717) is 0 Å². The van der Waals surface area contributed by atoms with Crippen molar-refractivity contribution in [3.8, 4) is 5.69 Å². The Hall–Kier alpha value is -2.60. The van der Waals surface area contributed by atoms with Crippen molar-refractivity contribution in [1.82, 2.24) is 29.9 Å². The Bertz CT molecular complexity index is 811. The lowest BCUT2D eigenvalue weighted by Gasteiger charge is -2.26. The van der Waals surface area contributed by atoms with Gasteiger partial charge in [-0.05, 0) is 19.1 Å². The van der Waals surface area contributed by atoms with E-state index in [1.54, 1.807) is 0 Å². The molecule has 6 nitrogen and oxygen atoms in total. The summed E-state index contributed by atoms with van der Waals surface area (Å²) < 4.78 is 1.82. The predicted molar refractivity (Wildman–Crippen MR) is 85.9 cm³/mol. The van der Waals surface area contributed by atoms with Crippen LogP contribution in [0.15, 0.2) is 42.7 Å². The fraction of sp³-hybridized carbons (Fsp3) is 0.294. The maximum Gasteiger partial charge on any atom is 0.125 e. The molecule has 0 aliphatic carbocycles. The maximum absolute atomic E-state index is 4.53. The molecule has 0 fully saturated rings. The zero-order valence-electron chi connectivity index (χ0n) is 13.1. The number of fused-ring (bicyclic) bond motifs is 1. The molecule has 2 aromatic heterocycles. The van der Waals surface area contributed by atoms with Crippen molar-refractivity contribution in [3.63, 3.8) is 0 Å². The summed E-state index contributed by atoms with van der Waals surface area (Å²) in [5, 5.41) is 8.52. The second-order valence-corrected chi connectivity index (χ2v) is 5.84. The highest BCUT2D eigenvalue weighted by Crippen LogP contribution is 2.18. The molecule has 1 aromatic carbocycles. The van der Waals surface area contributed by atoms with Gasteiger partial charge in [0.1, 0.15) is 5.82 Å². The van der Waals surface area contributed by atoms with Crippen LogP contribution in [0.2, 0.25) is 0 Å². The topological polar surface area (TPSA) is 59.7 Å². The smallest absolute Gasteiger partial charge is 0.125 e. The molecule has 1 aliphatic rings. The van der Waals surface area contributed by atoms with Crippen molar-refractivity contribution in [2.24, 2.45) is 0 Å². The van der Waals surface area contributed by atoms with Crippen LogP contribution < -0.4 is 0 Å². The molecule has 0 atom stereocenters. The van der Waals surface area contributed by atoms with Crippen LogP contribution in [0, 0.1) is 6.92 Å². The summed E-state index contributed by atoms with van der Waals surface area (Å²) in [5.41, 5.74) is 4.41. The summed E-state index contributed by atoms with van der Waals surface area (Å²) in [4.78, 5) is 11.2. The minimum atomic E-state index is 0.792. The van der Waals surface area contributed by atoms with Gasteiger partial charge in [-0.3, -0.25) is 4.90 Å². The molecule has 0 spiro atoms. The Morgan fingerprint density at radius 1 is 1.17 bits per heavy atom. The zero-order valence-corrected chi connectivity index (χ0v) is 13.1. The normalized spacial score (nSPS) is 14.7. The molecule has 116 valence electrons. The summed E-state index contributed by atoms with van der Waals surface area (Å²) >= 11 is 0. The standard InChI is InChI=1S/C17H18N6/c1-13-18-9-14-10-22(8-7-17(14)19-13)11-15-12-23(21-20-15)16-5-3-2-4-6-16/h2-6,9,12H,7-8,10-11H2,1H3. The van der Waals surface area contributed by atoms with Crippen LogP contribution in [0.4, 0.5) is 0 Å². The van der Waals surface area contributed by atoms with E-state index in [0.717, 1.165) is 43.3 Å². The SMILES string of the molecule is Cc1ncc2c(n1)CCN(Cc1cn(-c3ccccc3)nn1)C2. The third-order valence-electron chi connectivity index (χ3n) is 4.08. The Balaban J connectivity index is 1.47. The molecule has 0 saturated carbocycles. The van der Waals surface area contributed by atoms with E-state index in [9.17, 15) is 0 Å². The minimum Gasteiger partial charge on any atom is -0.293 e. The molecule has 6 heteroatoms. The van der Waals surface area contributed by atoms with Gasteiger partial charge in [-0.2, -0.15) is 0 Å². The number of benzene rings is 1. The van der Waals surface area contributed by atoms with Crippen molar-refractivity contribution >= 4 is 0 Å². The van der Waals surface area contributed by atoms with Gasteiger partial charge >= 0.3 is 0 Å². The lowest BCUT2D eigenvalue weighted by atomic mass is 10.1. The van der Waals surface area contributed by atoms with Gasteiger partial charge in [0.05, 0.1) is 17.6 Å². The second kappa shape index (κ2) is 5.89. The van der Waals surface area contributed by atoms with Gasteiger partial charge in [0.15, 0.2) is 0 Å². The zero-order chi connectivity index (χ0) is 15.6. The number of para-hydroxylation sites is 1. The van der Waals surface area contributed by atoms with Gasteiger partial charge in [0, 0.05) is 43.5 Å². The van der Waals surface area contributed by atoms with Crippen molar-refractivity contribution in [2.75, 3.05) is 6.54 Å². The van der Waals surface area contributed by atoms with Crippen molar-refractivity contribution in [2.45, 2.75) is 26.4 Å². The van der Waals surface area contributed by atoms with E-state index < -0.39 is 0 Å². The number of aryl methyl sites for hydroxylation is 1. The quantitative estimate of drug-likeness (QED) is 0.740. The fourth-order valence-electron chi connectivity index (χ4n) is 2.92. The summed E-state index contributed by atoms with van der Waals surface area (Å²) in [7, 11) is 0. The first-order valence-corrected chi connectivity index (χ1v) is 7.78. The molecule has 1 aliphatic heterocycles. The fourth-order valence-corrected chi connectivity index (χ4v) is 2.92. The second-order valence-electron chi connectivity index (χ2n) is 5.84. The van der Waals surface area contributed by atoms with Crippen LogP contribution in [0.3, 0.4) is 0 Å². The van der Waals surface area contributed by atoms with Crippen molar-refractivity contribution in [1.29, 1.82) is 0 Å². The van der Waals surface area contributed by atoms with Crippen LogP contribution in [-0.4, -0.2) is 36.4 Å². The molecule has 3 heterocycles. The lowest BCUT2D eigenvalue weighted by Crippen LogP contribution is -2.31. The lowest BCUT2D eigenvalue weighted by molar-refractivity contribution is 0.239. The molecule has 23 heavy (non-hydrogen) atoms. The van der Waals surface area contributed by atoms with Crippen LogP contribution in [-0.2, 0) is 19.5 Å². The molecule has 4 rings (SSSR count). The van der Waals surface area contributed by atoms with Crippen LogP contribution in [0.5, 0.6) is 0 Å². The Labute approximate surface area is 134 Å². The van der Waals surface area contributed by atoms with E-state index in [1.165, 1.54) is 11.3 Å².